The zero-order valence-electron chi connectivity index (χ0n) is 14.0. The predicted octanol–water partition coefficient (Wildman–Crippen LogP) is 5.03. The van der Waals surface area contributed by atoms with Crippen LogP contribution in [0, 0.1) is 13.8 Å². The normalized spacial score (nSPS) is 12.0. The van der Waals surface area contributed by atoms with E-state index in [4.69, 9.17) is 12.2 Å². The number of benzene rings is 2. The Balaban J connectivity index is 2.09. The molecule has 0 saturated heterocycles. The molecule has 25 heavy (non-hydrogen) atoms. The van der Waals surface area contributed by atoms with Crippen molar-refractivity contribution in [2.24, 2.45) is 5.10 Å². The molecular weight excluding hydrogens is 347 g/mol. The third-order valence-corrected chi connectivity index (χ3v) is 3.92. The fourth-order valence-corrected chi connectivity index (χ4v) is 2.31. The van der Waals surface area contributed by atoms with Crippen molar-refractivity contribution >= 4 is 28.7 Å². The minimum Gasteiger partial charge on any atom is -0.331 e. The second-order valence-corrected chi connectivity index (χ2v) is 6.01. The van der Waals surface area contributed by atoms with Crippen molar-refractivity contribution in [1.82, 2.24) is 5.43 Å². The van der Waals surface area contributed by atoms with Crippen molar-refractivity contribution in [2.45, 2.75) is 26.9 Å². The van der Waals surface area contributed by atoms with Gasteiger partial charge in [0.05, 0.1) is 17.0 Å². The van der Waals surface area contributed by atoms with E-state index in [1.54, 1.807) is 6.92 Å². The van der Waals surface area contributed by atoms with Crippen LogP contribution >= 0.6 is 12.2 Å². The second-order valence-electron chi connectivity index (χ2n) is 5.61. The van der Waals surface area contributed by atoms with Crippen molar-refractivity contribution in [3.8, 4) is 0 Å². The number of anilines is 1. The van der Waals surface area contributed by atoms with E-state index < -0.39 is 11.7 Å². The van der Waals surface area contributed by atoms with Gasteiger partial charge in [-0.25, -0.2) is 0 Å². The van der Waals surface area contributed by atoms with Gasteiger partial charge in [0.25, 0.3) is 0 Å². The van der Waals surface area contributed by atoms with Gasteiger partial charge in [0.1, 0.15) is 0 Å². The van der Waals surface area contributed by atoms with Crippen molar-refractivity contribution < 1.29 is 13.2 Å². The molecule has 0 aromatic heterocycles. The number of para-hydroxylation sites is 1. The highest BCUT2D eigenvalue weighted by Crippen LogP contribution is 2.34. The molecule has 0 radical (unpaired) electrons. The Morgan fingerprint density at radius 1 is 1.04 bits per heavy atom. The first-order valence-corrected chi connectivity index (χ1v) is 7.94. The maximum atomic E-state index is 13.0. The molecule has 0 aliphatic carbocycles. The number of hydrogen-bond acceptors (Lipinski definition) is 2. The summed E-state index contributed by atoms with van der Waals surface area (Å²) in [7, 11) is 0. The zero-order valence-corrected chi connectivity index (χ0v) is 14.8. The van der Waals surface area contributed by atoms with Gasteiger partial charge < -0.3 is 5.32 Å². The van der Waals surface area contributed by atoms with Crippen molar-refractivity contribution in [1.29, 1.82) is 0 Å². The monoisotopic (exact) mass is 365 g/mol. The minimum absolute atomic E-state index is 0.0140. The Morgan fingerprint density at radius 3 is 2.36 bits per heavy atom. The van der Waals surface area contributed by atoms with Gasteiger partial charge in [0.15, 0.2) is 5.11 Å². The maximum absolute atomic E-state index is 13.0. The molecule has 3 nitrogen and oxygen atoms in total. The number of nitrogens with one attached hydrogen (secondary N) is 2. The average molecular weight is 365 g/mol. The van der Waals surface area contributed by atoms with Crippen molar-refractivity contribution in [3.05, 3.63) is 64.7 Å². The standard InChI is InChI=1S/C18H18F3N3S/c1-11-8-9-14(10-12(11)2)13(3)23-24-17(25)22-16-7-5-4-6-15(16)18(19,20)21/h4-10H,1-3H3,(H2,22,24,25)/b23-13+. The second kappa shape index (κ2) is 7.65. The molecule has 0 aliphatic rings. The molecule has 0 atom stereocenters. The first-order chi connectivity index (χ1) is 11.7. The number of halogens is 3. The summed E-state index contributed by atoms with van der Waals surface area (Å²) in [5.74, 6) is 0. The Morgan fingerprint density at radius 2 is 1.72 bits per heavy atom. The van der Waals surface area contributed by atoms with E-state index in [1.807, 2.05) is 32.0 Å². The van der Waals surface area contributed by atoms with Gasteiger partial charge >= 0.3 is 6.18 Å². The minimum atomic E-state index is -4.46. The molecule has 2 aromatic carbocycles. The summed E-state index contributed by atoms with van der Waals surface area (Å²) < 4.78 is 38.9. The largest absolute Gasteiger partial charge is 0.418 e. The van der Waals surface area contributed by atoms with Crippen molar-refractivity contribution in [2.75, 3.05) is 5.32 Å². The summed E-state index contributed by atoms with van der Waals surface area (Å²) in [6.45, 7) is 5.81. The number of hydrazone groups is 1. The van der Waals surface area contributed by atoms with Crippen LogP contribution in [0.2, 0.25) is 0 Å². The molecule has 132 valence electrons. The van der Waals surface area contributed by atoms with E-state index in [0.717, 1.165) is 17.2 Å². The Labute approximate surface area is 149 Å². The molecule has 0 saturated carbocycles. The fourth-order valence-electron chi connectivity index (χ4n) is 2.16. The lowest BCUT2D eigenvalue weighted by Crippen LogP contribution is -2.26. The number of thiocarbonyl (C=S) groups is 1. The quantitative estimate of drug-likeness (QED) is 0.455. The van der Waals surface area contributed by atoms with Crippen LogP contribution in [-0.2, 0) is 6.18 Å². The van der Waals surface area contributed by atoms with Crippen LogP contribution in [0.25, 0.3) is 0 Å². The van der Waals surface area contributed by atoms with Gasteiger partial charge in [-0.15, -0.1) is 0 Å². The molecule has 2 N–H and O–H groups in total. The molecular formula is C18H18F3N3S. The SMILES string of the molecule is C/C(=N\NC(=S)Nc1ccccc1C(F)(F)F)c1ccc(C)c(C)c1. The van der Waals surface area contributed by atoms with Gasteiger partial charge in [-0.3, -0.25) is 5.43 Å². The van der Waals surface area contributed by atoms with Crippen molar-refractivity contribution in [3.63, 3.8) is 0 Å². The maximum Gasteiger partial charge on any atom is 0.418 e. The molecule has 0 amide bonds. The van der Waals surface area contributed by atoms with Gasteiger partial charge in [-0.05, 0) is 67.9 Å². The van der Waals surface area contributed by atoms with E-state index in [9.17, 15) is 13.2 Å². The number of aryl methyl sites for hydroxylation is 2. The summed E-state index contributed by atoms with van der Waals surface area (Å²) in [4.78, 5) is 0. The molecule has 2 aromatic rings. The molecule has 0 fully saturated rings. The first kappa shape index (κ1) is 18.9. The van der Waals surface area contributed by atoms with Crippen LogP contribution in [0.4, 0.5) is 18.9 Å². The molecule has 0 heterocycles. The van der Waals surface area contributed by atoms with E-state index in [2.05, 4.69) is 15.8 Å². The van der Waals surface area contributed by atoms with Crippen LogP contribution in [-0.4, -0.2) is 10.8 Å². The van der Waals surface area contributed by atoms with Gasteiger partial charge in [-0.2, -0.15) is 18.3 Å². The van der Waals surface area contributed by atoms with Crippen LogP contribution < -0.4 is 10.7 Å². The number of alkyl halides is 3. The smallest absolute Gasteiger partial charge is 0.331 e. The summed E-state index contributed by atoms with van der Waals surface area (Å²) in [5, 5.41) is 6.66. The Kier molecular flexibility index (Phi) is 5.79. The third kappa shape index (κ3) is 5.03. The highest BCUT2D eigenvalue weighted by atomic mass is 32.1. The first-order valence-electron chi connectivity index (χ1n) is 7.53. The lowest BCUT2D eigenvalue weighted by Gasteiger charge is -2.14. The van der Waals surface area contributed by atoms with Crippen LogP contribution in [0.15, 0.2) is 47.6 Å². The summed E-state index contributed by atoms with van der Waals surface area (Å²) in [6.07, 6.45) is -4.46. The van der Waals surface area contributed by atoms with Gasteiger partial charge in [0, 0.05) is 0 Å². The summed E-state index contributed by atoms with van der Waals surface area (Å²) in [5.41, 5.74) is 5.57. The van der Waals surface area contributed by atoms with Crippen LogP contribution in [0.1, 0.15) is 29.2 Å². The number of rotatable bonds is 3. The highest BCUT2D eigenvalue weighted by molar-refractivity contribution is 7.80. The highest BCUT2D eigenvalue weighted by Gasteiger charge is 2.33. The van der Waals surface area contributed by atoms with E-state index in [0.29, 0.717) is 5.71 Å². The average Bonchev–Trinajstić information content (AvgIpc) is 2.54. The summed E-state index contributed by atoms with van der Waals surface area (Å²) >= 11 is 5.04. The van der Waals surface area contributed by atoms with Crippen LogP contribution in [0.3, 0.4) is 0 Å². The molecule has 0 bridgehead atoms. The number of hydrogen-bond donors (Lipinski definition) is 2. The lowest BCUT2D eigenvalue weighted by molar-refractivity contribution is -0.136. The Hall–Kier alpha value is -2.41. The van der Waals surface area contributed by atoms with Crippen LogP contribution in [0.5, 0.6) is 0 Å². The Bertz CT molecular complexity index is 813. The fraction of sp³-hybridized carbons (Fsp3) is 0.222. The van der Waals surface area contributed by atoms with Gasteiger partial charge in [-0.1, -0.05) is 24.3 Å². The summed E-state index contributed by atoms with van der Waals surface area (Å²) in [6, 6.07) is 11.0. The molecule has 0 spiro atoms. The molecule has 0 unspecified atom stereocenters. The zero-order chi connectivity index (χ0) is 18.6. The molecule has 0 aliphatic heterocycles. The topological polar surface area (TPSA) is 36.4 Å². The van der Waals surface area contributed by atoms with E-state index in [1.165, 1.54) is 23.8 Å². The van der Waals surface area contributed by atoms with Gasteiger partial charge in [0.2, 0.25) is 0 Å². The lowest BCUT2D eigenvalue weighted by atomic mass is 10.0. The number of nitrogens with zero attached hydrogens (tertiary/aromatic N) is 1. The predicted molar refractivity (Wildman–Crippen MR) is 98.9 cm³/mol. The van der Waals surface area contributed by atoms with E-state index in [-0.39, 0.29) is 10.8 Å². The molecule has 7 heteroatoms. The van der Waals surface area contributed by atoms with E-state index >= 15 is 0 Å². The third-order valence-electron chi connectivity index (χ3n) is 3.73. The molecule has 2 rings (SSSR count).